The van der Waals surface area contributed by atoms with Gasteiger partial charge in [-0.2, -0.15) is 0 Å². The van der Waals surface area contributed by atoms with E-state index in [4.69, 9.17) is 4.98 Å². The van der Waals surface area contributed by atoms with Crippen molar-refractivity contribution in [2.24, 2.45) is 0 Å². The van der Waals surface area contributed by atoms with Gasteiger partial charge in [0.05, 0.1) is 6.54 Å². The molecule has 1 aliphatic rings. The number of hydrogen-bond acceptors (Lipinski definition) is 6. The Labute approximate surface area is 183 Å². The number of nitrogens with zero attached hydrogens (tertiary/aromatic N) is 4. The Balaban J connectivity index is 1.33. The van der Waals surface area contributed by atoms with E-state index in [2.05, 4.69) is 25.5 Å². The van der Waals surface area contributed by atoms with E-state index in [0.717, 1.165) is 54.4 Å². The van der Waals surface area contributed by atoms with E-state index in [1.807, 2.05) is 62.4 Å². The number of likely N-dealkylation sites (tertiary alicyclic amines) is 1. The van der Waals surface area contributed by atoms with E-state index in [1.165, 1.54) is 0 Å². The first-order valence-electron chi connectivity index (χ1n) is 10.7. The van der Waals surface area contributed by atoms with Crippen LogP contribution in [-0.2, 0) is 4.79 Å². The van der Waals surface area contributed by atoms with Crippen LogP contribution in [0.5, 0.6) is 0 Å². The van der Waals surface area contributed by atoms with E-state index in [0.29, 0.717) is 18.4 Å². The number of anilines is 2. The summed E-state index contributed by atoms with van der Waals surface area (Å²) in [5.74, 6) is 1.54. The summed E-state index contributed by atoms with van der Waals surface area (Å²) in [5.41, 5.74) is 3.62. The molecule has 2 N–H and O–H groups in total. The molecule has 1 saturated heterocycles. The number of carbonyl (C=O) groups excluding carboxylic acids is 1. The predicted molar refractivity (Wildman–Crippen MR) is 123 cm³/mol. The molecule has 0 aliphatic carbocycles. The smallest absolute Gasteiger partial charge is 0.238 e. The fourth-order valence-electron chi connectivity index (χ4n) is 3.73. The van der Waals surface area contributed by atoms with Crippen LogP contribution < -0.4 is 10.6 Å². The van der Waals surface area contributed by atoms with Crippen molar-refractivity contribution in [1.29, 1.82) is 0 Å². The minimum absolute atomic E-state index is 0.0277. The number of amides is 1. The molecule has 7 nitrogen and oxygen atoms in total. The maximum Gasteiger partial charge on any atom is 0.238 e. The van der Waals surface area contributed by atoms with Crippen LogP contribution in [0.15, 0.2) is 54.7 Å². The van der Waals surface area contributed by atoms with E-state index in [9.17, 15) is 4.79 Å². The van der Waals surface area contributed by atoms with Gasteiger partial charge in [-0.15, -0.1) is 0 Å². The van der Waals surface area contributed by atoms with E-state index in [-0.39, 0.29) is 5.91 Å². The van der Waals surface area contributed by atoms with Crippen LogP contribution >= 0.6 is 0 Å². The van der Waals surface area contributed by atoms with Crippen LogP contribution in [0.25, 0.3) is 11.5 Å². The molecule has 31 heavy (non-hydrogen) atoms. The number of rotatable bonds is 6. The first kappa shape index (κ1) is 20.9. The highest BCUT2D eigenvalue weighted by molar-refractivity contribution is 5.92. The first-order chi connectivity index (χ1) is 15.1. The van der Waals surface area contributed by atoms with Crippen molar-refractivity contribution >= 4 is 17.4 Å². The standard InChI is InChI=1S/C24H28N6O/c1-17-18(2)26-24(21-10-6-7-13-25-21)29-23(17)28-20-11-14-30(15-12-20)16-22(31)27-19-8-4-3-5-9-19/h3-10,13,20H,11-12,14-16H2,1-2H3,(H,27,31)(H,26,28,29). The number of aryl methyl sites for hydroxylation is 1. The molecular weight excluding hydrogens is 388 g/mol. The number of pyridine rings is 1. The molecule has 4 rings (SSSR count). The Morgan fingerprint density at radius 2 is 1.77 bits per heavy atom. The lowest BCUT2D eigenvalue weighted by molar-refractivity contribution is -0.117. The van der Waals surface area contributed by atoms with E-state index < -0.39 is 0 Å². The number of carbonyl (C=O) groups is 1. The SMILES string of the molecule is Cc1nc(-c2ccccn2)nc(NC2CCN(CC(=O)Nc3ccccc3)CC2)c1C. The average molecular weight is 417 g/mol. The summed E-state index contributed by atoms with van der Waals surface area (Å²) in [6.07, 6.45) is 3.67. The van der Waals surface area contributed by atoms with Crippen molar-refractivity contribution in [3.8, 4) is 11.5 Å². The fourth-order valence-corrected chi connectivity index (χ4v) is 3.73. The molecule has 160 valence electrons. The molecule has 3 heterocycles. The Morgan fingerprint density at radius 1 is 1.03 bits per heavy atom. The van der Waals surface area contributed by atoms with Gasteiger partial charge in [0.2, 0.25) is 5.91 Å². The number of benzene rings is 1. The van der Waals surface area contributed by atoms with Crippen LogP contribution in [0.2, 0.25) is 0 Å². The summed E-state index contributed by atoms with van der Waals surface area (Å²) >= 11 is 0. The Hall–Kier alpha value is -3.32. The van der Waals surface area contributed by atoms with Gasteiger partial charge in [-0.25, -0.2) is 9.97 Å². The minimum Gasteiger partial charge on any atom is -0.367 e. The third-order valence-electron chi connectivity index (χ3n) is 5.64. The zero-order valence-corrected chi connectivity index (χ0v) is 18.0. The molecule has 3 aromatic rings. The summed E-state index contributed by atoms with van der Waals surface area (Å²) in [7, 11) is 0. The monoisotopic (exact) mass is 416 g/mol. The summed E-state index contributed by atoms with van der Waals surface area (Å²) in [5, 5.41) is 6.56. The summed E-state index contributed by atoms with van der Waals surface area (Å²) < 4.78 is 0. The van der Waals surface area contributed by atoms with Crippen LogP contribution in [0.3, 0.4) is 0 Å². The van der Waals surface area contributed by atoms with Gasteiger partial charge < -0.3 is 10.6 Å². The number of nitrogens with one attached hydrogen (secondary N) is 2. The topological polar surface area (TPSA) is 83.0 Å². The average Bonchev–Trinajstić information content (AvgIpc) is 2.79. The van der Waals surface area contributed by atoms with E-state index in [1.54, 1.807) is 6.20 Å². The molecule has 0 spiro atoms. The quantitative estimate of drug-likeness (QED) is 0.638. The van der Waals surface area contributed by atoms with Crippen molar-refractivity contribution in [2.45, 2.75) is 32.7 Å². The van der Waals surface area contributed by atoms with Crippen LogP contribution in [0, 0.1) is 13.8 Å². The van der Waals surface area contributed by atoms with Crippen LogP contribution in [-0.4, -0.2) is 51.4 Å². The molecule has 1 aliphatic heterocycles. The van der Waals surface area contributed by atoms with Crippen molar-refractivity contribution in [2.75, 3.05) is 30.3 Å². The van der Waals surface area contributed by atoms with E-state index >= 15 is 0 Å². The van der Waals surface area contributed by atoms with Gasteiger partial charge in [-0.1, -0.05) is 24.3 Å². The maximum atomic E-state index is 12.3. The lowest BCUT2D eigenvalue weighted by Gasteiger charge is -2.32. The second-order valence-electron chi connectivity index (χ2n) is 7.93. The Morgan fingerprint density at radius 3 is 2.48 bits per heavy atom. The largest absolute Gasteiger partial charge is 0.367 e. The van der Waals surface area contributed by atoms with Gasteiger partial charge in [-0.05, 0) is 51.0 Å². The third-order valence-corrected chi connectivity index (χ3v) is 5.64. The zero-order valence-electron chi connectivity index (χ0n) is 18.0. The molecule has 0 unspecified atom stereocenters. The first-order valence-corrected chi connectivity index (χ1v) is 10.7. The van der Waals surface area contributed by atoms with Gasteiger partial charge in [0.1, 0.15) is 11.5 Å². The van der Waals surface area contributed by atoms with Gasteiger partial charge in [0.25, 0.3) is 0 Å². The summed E-state index contributed by atoms with van der Waals surface area (Å²) in [6, 6.07) is 15.7. The number of para-hydroxylation sites is 1. The molecular formula is C24H28N6O. The molecule has 7 heteroatoms. The molecule has 2 aromatic heterocycles. The van der Waals surface area contributed by atoms with Crippen molar-refractivity contribution in [3.05, 3.63) is 66.0 Å². The fraction of sp³-hybridized carbons (Fsp3) is 0.333. The molecule has 0 radical (unpaired) electrons. The highest BCUT2D eigenvalue weighted by Gasteiger charge is 2.22. The molecule has 1 amide bonds. The second-order valence-corrected chi connectivity index (χ2v) is 7.93. The molecule has 1 aromatic carbocycles. The number of hydrogen-bond donors (Lipinski definition) is 2. The summed E-state index contributed by atoms with van der Waals surface area (Å²) in [6.45, 7) is 6.20. The van der Waals surface area contributed by atoms with Gasteiger partial charge in [0, 0.05) is 42.3 Å². The van der Waals surface area contributed by atoms with Gasteiger partial charge >= 0.3 is 0 Å². The minimum atomic E-state index is 0.0277. The summed E-state index contributed by atoms with van der Waals surface area (Å²) in [4.78, 5) is 28.3. The van der Waals surface area contributed by atoms with Crippen molar-refractivity contribution in [3.63, 3.8) is 0 Å². The van der Waals surface area contributed by atoms with Crippen molar-refractivity contribution in [1.82, 2.24) is 19.9 Å². The normalized spacial score (nSPS) is 14.9. The zero-order chi connectivity index (χ0) is 21.6. The van der Waals surface area contributed by atoms with Crippen LogP contribution in [0.1, 0.15) is 24.1 Å². The molecule has 0 bridgehead atoms. The number of piperidine rings is 1. The molecule has 0 saturated carbocycles. The van der Waals surface area contributed by atoms with Crippen molar-refractivity contribution < 1.29 is 4.79 Å². The number of aromatic nitrogens is 3. The maximum absolute atomic E-state index is 12.3. The molecule has 0 atom stereocenters. The lowest BCUT2D eigenvalue weighted by Crippen LogP contribution is -2.42. The highest BCUT2D eigenvalue weighted by atomic mass is 16.2. The Kier molecular flexibility index (Phi) is 6.52. The van der Waals surface area contributed by atoms with Gasteiger partial charge in [0.15, 0.2) is 5.82 Å². The molecule has 1 fully saturated rings. The predicted octanol–water partition coefficient (Wildman–Crippen LogP) is 3.67. The Bertz CT molecular complexity index is 1020. The van der Waals surface area contributed by atoms with Gasteiger partial charge in [-0.3, -0.25) is 14.7 Å². The lowest BCUT2D eigenvalue weighted by atomic mass is 10.0. The van der Waals surface area contributed by atoms with Crippen LogP contribution in [0.4, 0.5) is 11.5 Å². The third kappa shape index (κ3) is 5.44. The highest BCUT2D eigenvalue weighted by Crippen LogP contribution is 2.23. The second kappa shape index (κ2) is 9.66.